The van der Waals surface area contributed by atoms with Gasteiger partial charge in [0.25, 0.3) is 0 Å². The number of thiophene rings is 1. The molecule has 0 radical (unpaired) electrons. The Hall–Kier alpha value is -4.25. The maximum Gasteiger partial charge on any atom is 0.328 e. The molecule has 0 amide bonds. The van der Waals surface area contributed by atoms with Crippen LogP contribution in [0, 0.1) is 0 Å². The zero-order valence-electron chi connectivity index (χ0n) is 20.3. The highest BCUT2D eigenvalue weighted by molar-refractivity contribution is 7.09. The van der Waals surface area contributed by atoms with E-state index in [4.69, 9.17) is 19.4 Å². The Morgan fingerprint density at radius 1 is 1.00 bits per heavy atom. The van der Waals surface area contributed by atoms with Crippen LogP contribution in [0.4, 0.5) is 0 Å². The van der Waals surface area contributed by atoms with E-state index in [2.05, 4.69) is 16.8 Å². The third-order valence-electron chi connectivity index (χ3n) is 5.08. The molecule has 4 rings (SSSR count). The van der Waals surface area contributed by atoms with Crippen molar-refractivity contribution >= 4 is 34.2 Å². The molecule has 0 aliphatic heterocycles. The molecular formula is C28H27NO8S. The van der Waals surface area contributed by atoms with E-state index in [0.29, 0.717) is 41.2 Å². The smallest absolute Gasteiger partial charge is 0.328 e. The Morgan fingerprint density at radius 2 is 1.74 bits per heavy atom. The number of carbonyl (C=O) groups is 2. The monoisotopic (exact) mass is 537 g/mol. The lowest BCUT2D eigenvalue weighted by Gasteiger charge is -2.13. The predicted molar refractivity (Wildman–Crippen MR) is 145 cm³/mol. The van der Waals surface area contributed by atoms with Crippen molar-refractivity contribution in [2.24, 2.45) is 0 Å². The van der Waals surface area contributed by atoms with Gasteiger partial charge < -0.3 is 29.8 Å². The van der Waals surface area contributed by atoms with Crippen molar-refractivity contribution in [3.05, 3.63) is 99.4 Å². The van der Waals surface area contributed by atoms with Gasteiger partial charge in [-0.1, -0.05) is 36.4 Å². The first-order valence-electron chi connectivity index (χ1n) is 11.6. The molecule has 0 aliphatic carbocycles. The van der Waals surface area contributed by atoms with Crippen LogP contribution in [0.1, 0.15) is 4.88 Å². The highest BCUT2D eigenvalue weighted by Crippen LogP contribution is 2.24. The van der Waals surface area contributed by atoms with Crippen LogP contribution in [0.15, 0.2) is 93.5 Å². The molecule has 10 heteroatoms. The summed E-state index contributed by atoms with van der Waals surface area (Å²) in [4.78, 5) is 32.9. The summed E-state index contributed by atoms with van der Waals surface area (Å²) in [5.74, 6) is -1.45. The quantitative estimate of drug-likeness (QED) is 0.166. The Balaban J connectivity index is 0.000000436. The van der Waals surface area contributed by atoms with Crippen LogP contribution >= 0.6 is 11.3 Å². The normalized spacial score (nSPS) is 11.6. The minimum absolute atomic E-state index is 0.100. The van der Waals surface area contributed by atoms with Crippen LogP contribution < -0.4 is 15.5 Å². The van der Waals surface area contributed by atoms with Gasteiger partial charge in [-0.3, -0.25) is 4.79 Å². The summed E-state index contributed by atoms with van der Waals surface area (Å²) in [7, 11) is 0. The molecule has 2 heterocycles. The fourth-order valence-electron chi connectivity index (χ4n) is 3.30. The molecule has 1 unspecified atom stereocenters. The highest BCUT2D eigenvalue weighted by Gasteiger charge is 2.10. The van der Waals surface area contributed by atoms with Crippen LogP contribution in [-0.4, -0.2) is 53.1 Å². The zero-order valence-corrected chi connectivity index (χ0v) is 21.1. The minimum Gasteiger partial charge on any atom is -0.491 e. The molecule has 1 atom stereocenters. The maximum atomic E-state index is 12.4. The predicted octanol–water partition coefficient (Wildman–Crippen LogP) is 3.81. The first kappa shape index (κ1) is 28.3. The molecule has 0 saturated carbocycles. The van der Waals surface area contributed by atoms with Gasteiger partial charge in [0, 0.05) is 47.8 Å². The summed E-state index contributed by atoms with van der Waals surface area (Å²) < 4.78 is 11.7. The Bertz CT molecular complexity index is 1400. The van der Waals surface area contributed by atoms with Crippen LogP contribution in [0.25, 0.3) is 22.3 Å². The molecule has 0 saturated heterocycles. The van der Waals surface area contributed by atoms with E-state index >= 15 is 0 Å². The van der Waals surface area contributed by atoms with Crippen molar-refractivity contribution in [3.63, 3.8) is 0 Å². The molecule has 2 aromatic heterocycles. The largest absolute Gasteiger partial charge is 0.491 e. The second kappa shape index (κ2) is 14.5. The fourth-order valence-corrected chi connectivity index (χ4v) is 4.01. The van der Waals surface area contributed by atoms with Crippen molar-refractivity contribution in [1.82, 2.24) is 5.32 Å². The van der Waals surface area contributed by atoms with E-state index < -0.39 is 18.0 Å². The van der Waals surface area contributed by atoms with Gasteiger partial charge in [-0.05, 0) is 30.0 Å². The number of aliphatic hydroxyl groups is 1. The van der Waals surface area contributed by atoms with Crippen LogP contribution in [0.2, 0.25) is 0 Å². The number of aliphatic carboxylic acids is 2. The van der Waals surface area contributed by atoms with E-state index in [1.165, 1.54) is 10.9 Å². The molecule has 4 N–H and O–H groups in total. The fraction of sp³-hybridized carbons (Fsp3) is 0.179. The molecule has 38 heavy (non-hydrogen) atoms. The summed E-state index contributed by atoms with van der Waals surface area (Å²) in [5.41, 5.74) is 1.20. The molecule has 198 valence electrons. The van der Waals surface area contributed by atoms with E-state index in [9.17, 15) is 19.5 Å². The number of ether oxygens (including phenoxy) is 1. The molecule has 2 aromatic carbocycles. The number of carboxylic acids is 2. The van der Waals surface area contributed by atoms with Gasteiger partial charge >= 0.3 is 11.9 Å². The SMILES string of the molecule is O=C(O)C=CC(=O)O.O=c1cc(-c2ccccc2)oc2cc(OCC(O)CNCCc3cccs3)ccc12. The topological polar surface area (TPSA) is 146 Å². The van der Waals surface area contributed by atoms with Crippen LogP contribution in [0.5, 0.6) is 5.75 Å². The lowest BCUT2D eigenvalue weighted by molar-refractivity contribution is -0.134. The third-order valence-corrected chi connectivity index (χ3v) is 6.01. The van der Waals surface area contributed by atoms with Crippen molar-refractivity contribution < 1.29 is 34.1 Å². The van der Waals surface area contributed by atoms with Crippen LogP contribution in [0.3, 0.4) is 0 Å². The summed E-state index contributed by atoms with van der Waals surface area (Å²) in [5, 5.41) is 31.6. The number of rotatable bonds is 11. The average Bonchev–Trinajstić information content (AvgIpc) is 3.43. The highest BCUT2D eigenvalue weighted by atomic mass is 32.1. The summed E-state index contributed by atoms with van der Waals surface area (Å²) in [6, 6.07) is 20.3. The molecule has 4 aromatic rings. The van der Waals surface area contributed by atoms with Gasteiger partial charge in [0.2, 0.25) is 0 Å². The van der Waals surface area contributed by atoms with Gasteiger partial charge in [0.1, 0.15) is 29.8 Å². The van der Waals surface area contributed by atoms with E-state index in [-0.39, 0.29) is 12.0 Å². The number of carboxylic acid groups (broad SMARTS) is 2. The van der Waals surface area contributed by atoms with Gasteiger partial charge in [0.15, 0.2) is 5.43 Å². The number of hydrogen-bond acceptors (Lipinski definition) is 8. The Kier molecular flexibility index (Phi) is 10.8. The lowest BCUT2D eigenvalue weighted by Crippen LogP contribution is -2.32. The second-order valence-corrected chi connectivity index (χ2v) is 9.04. The van der Waals surface area contributed by atoms with E-state index in [1.54, 1.807) is 29.5 Å². The molecule has 0 spiro atoms. The van der Waals surface area contributed by atoms with Crippen molar-refractivity contribution in [2.45, 2.75) is 12.5 Å². The van der Waals surface area contributed by atoms with Crippen molar-refractivity contribution in [2.75, 3.05) is 19.7 Å². The lowest BCUT2D eigenvalue weighted by atomic mass is 10.1. The summed E-state index contributed by atoms with van der Waals surface area (Å²) in [6.07, 6.45) is 1.43. The standard InChI is InChI=1S/C24H23NO4S.C4H4O4/c26-18(15-25-11-10-20-7-4-12-30-20)16-28-19-8-9-21-22(27)14-23(29-24(21)13-19)17-5-2-1-3-6-17;5-3(6)1-2-4(7)8/h1-9,12-14,18,25-26H,10-11,15-16H2;1-2H,(H,5,6)(H,7,8). The number of aliphatic hydroxyl groups excluding tert-OH is 1. The van der Waals surface area contributed by atoms with E-state index in [0.717, 1.165) is 18.5 Å². The van der Waals surface area contributed by atoms with Crippen molar-refractivity contribution in [3.8, 4) is 17.1 Å². The summed E-state index contributed by atoms with van der Waals surface area (Å²) >= 11 is 1.73. The molecule has 0 aliphatic rings. The molecule has 0 fully saturated rings. The maximum absolute atomic E-state index is 12.4. The van der Waals surface area contributed by atoms with Gasteiger partial charge in [-0.15, -0.1) is 11.3 Å². The first-order valence-corrected chi connectivity index (χ1v) is 12.5. The number of fused-ring (bicyclic) bond motifs is 1. The molecule has 0 bridgehead atoms. The average molecular weight is 538 g/mol. The van der Waals surface area contributed by atoms with Crippen molar-refractivity contribution in [1.29, 1.82) is 0 Å². The minimum atomic E-state index is -1.26. The second-order valence-electron chi connectivity index (χ2n) is 8.01. The number of benzene rings is 2. The van der Waals surface area contributed by atoms with Gasteiger partial charge in [-0.25, -0.2) is 9.59 Å². The Labute approximate surface area is 222 Å². The molecule has 9 nitrogen and oxygen atoms in total. The van der Waals surface area contributed by atoms with Crippen LogP contribution in [-0.2, 0) is 16.0 Å². The van der Waals surface area contributed by atoms with Gasteiger partial charge in [0.05, 0.1) is 5.39 Å². The first-order chi connectivity index (χ1) is 18.3. The van der Waals surface area contributed by atoms with E-state index in [1.807, 2.05) is 36.4 Å². The Morgan fingerprint density at radius 3 is 2.39 bits per heavy atom. The number of hydrogen-bond donors (Lipinski definition) is 4. The summed E-state index contributed by atoms with van der Waals surface area (Å²) in [6.45, 7) is 1.41. The zero-order chi connectivity index (χ0) is 27.3. The van der Waals surface area contributed by atoms with Gasteiger partial charge in [-0.2, -0.15) is 0 Å². The number of nitrogens with one attached hydrogen (secondary N) is 1. The third kappa shape index (κ3) is 9.32. The molecular weight excluding hydrogens is 510 g/mol.